The first-order chi connectivity index (χ1) is 12.6. The van der Waals surface area contributed by atoms with Crippen LogP contribution in [-0.4, -0.2) is 43.5 Å². The summed E-state index contributed by atoms with van der Waals surface area (Å²) in [6.07, 6.45) is -1.17. The SMILES string of the molecule is C=C(COCC)C(=O)OC12CC3CC(C1)CC(C(=O)OCC(F)(F)F)(C3)C2. The van der Waals surface area contributed by atoms with Crippen molar-refractivity contribution in [3.8, 4) is 0 Å². The van der Waals surface area contributed by atoms with E-state index in [1.54, 1.807) is 6.92 Å². The number of ether oxygens (including phenoxy) is 3. The van der Waals surface area contributed by atoms with Gasteiger partial charge in [0.25, 0.3) is 0 Å². The van der Waals surface area contributed by atoms with E-state index in [1.807, 2.05) is 0 Å². The van der Waals surface area contributed by atoms with Gasteiger partial charge in [-0.2, -0.15) is 13.2 Å². The number of rotatable bonds is 7. The lowest BCUT2D eigenvalue weighted by atomic mass is 9.48. The van der Waals surface area contributed by atoms with Gasteiger partial charge in [0.2, 0.25) is 0 Å². The molecular formula is C19H25F3O5. The fraction of sp³-hybridized carbons (Fsp3) is 0.789. The normalized spacial score (nSPS) is 34.4. The average molecular weight is 390 g/mol. The van der Waals surface area contributed by atoms with Crippen molar-refractivity contribution in [1.29, 1.82) is 0 Å². The van der Waals surface area contributed by atoms with E-state index in [-0.39, 0.29) is 30.4 Å². The molecule has 4 saturated carbocycles. The Bertz CT molecular complexity index is 613. The summed E-state index contributed by atoms with van der Waals surface area (Å²) < 4.78 is 52.9. The summed E-state index contributed by atoms with van der Waals surface area (Å²) in [5.74, 6) is -1.08. The molecule has 0 aromatic heterocycles. The summed E-state index contributed by atoms with van der Waals surface area (Å²) in [4.78, 5) is 24.9. The van der Waals surface area contributed by atoms with Crippen LogP contribution in [0.25, 0.3) is 0 Å². The molecule has 0 aromatic rings. The quantitative estimate of drug-likeness (QED) is 0.491. The molecule has 8 heteroatoms. The predicted molar refractivity (Wildman–Crippen MR) is 88.6 cm³/mol. The first-order valence-electron chi connectivity index (χ1n) is 9.29. The lowest BCUT2D eigenvalue weighted by Crippen LogP contribution is -2.60. The first-order valence-corrected chi connectivity index (χ1v) is 9.29. The largest absolute Gasteiger partial charge is 0.456 e. The maximum Gasteiger partial charge on any atom is 0.422 e. The van der Waals surface area contributed by atoms with Gasteiger partial charge in [-0.05, 0) is 50.9 Å². The van der Waals surface area contributed by atoms with Crippen LogP contribution in [0.3, 0.4) is 0 Å². The number of hydrogen-bond acceptors (Lipinski definition) is 5. The molecule has 2 atom stereocenters. The Kier molecular flexibility index (Phi) is 5.31. The van der Waals surface area contributed by atoms with Gasteiger partial charge in [-0.25, -0.2) is 4.79 Å². The van der Waals surface area contributed by atoms with E-state index < -0.39 is 35.7 Å². The van der Waals surface area contributed by atoms with E-state index in [0.29, 0.717) is 32.3 Å². The standard InChI is InChI=1S/C19H25F3O5/c1-3-25-9-12(2)15(23)27-18-7-13-4-14(8-18)6-17(5-13,10-18)16(24)26-11-19(20,21)22/h13-14H,2-11H2,1H3. The highest BCUT2D eigenvalue weighted by Crippen LogP contribution is 2.63. The fourth-order valence-electron chi connectivity index (χ4n) is 5.39. The summed E-state index contributed by atoms with van der Waals surface area (Å²) in [5, 5.41) is 0. The molecule has 4 rings (SSSR count). The van der Waals surface area contributed by atoms with Crippen molar-refractivity contribution in [2.75, 3.05) is 19.8 Å². The van der Waals surface area contributed by atoms with Crippen LogP contribution in [0, 0.1) is 17.3 Å². The molecule has 4 aliphatic rings. The molecule has 0 aliphatic heterocycles. The van der Waals surface area contributed by atoms with Gasteiger partial charge in [-0.15, -0.1) is 0 Å². The lowest BCUT2D eigenvalue weighted by molar-refractivity contribution is -0.221. The van der Waals surface area contributed by atoms with Crippen LogP contribution in [0.4, 0.5) is 13.2 Å². The smallest absolute Gasteiger partial charge is 0.422 e. The number of halogens is 3. The second-order valence-corrected chi connectivity index (χ2v) is 8.25. The van der Waals surface area contributed by atoms with E-state index in [9.17, 15) is 22.8 Å². The van der Waals surface area contributed by atoms with Crippen LogP contribution in [0.1, 0.15) is 45.4 Å². The number of carbonyl (C=O) groups excluding carboxylic acids is 2. The Balaban J connectivity index is 1.72. The lowest BCUT2D eigenvalue weighted by Gasteiger charge is -2.59. The number of hydrogen-bond donors (Lipinski definition) is 0. The molecule has 0 radical (unpaired) electrons. The predicted octanol–water partition coefficient (Wildman–Crippen LogP) is 3.57. The Morgan fingerprint density at radius 3 is 2.33 bits per heavy atom. The highest BCUT2D eigenvalue weighted by Gasteiger charge is 2.63. The van der Waals surface area contributed by atoms with Crippen molar-refractivity contribution in [3.05, 3.63) is 12.2 Å². The third-order valence-corrected chi connectivity index (χ3v) is 5.89. The summed E-state index contributed by atoms with van der Waals surface area (Å²) in [7, 11) is 0. The molecule has 5 nitrogen and oxygen atoms in total. The minimum Gasteiger partial charge on any atom is -0.456 e. The van der Waals surface area contributed by atoms with Crippen molar-refractivity contribution in [3.63, 3.8) is 0 Å². The highest BCUT2D eigenvalue weighted by atomic mass is 19.4. The van der Waals surface area contributed by atoms with Gasteiger partial charge in [0.15, 0.2) is 6.61 Å². The average Bonchev–Trinajstić information content (AvgIpc) is 2.55. The molecule has 4 fully saturated rings. The van der Waals surface area contributed by atoms with Gasteiger partial charge in [0.1, 0.15) is 5.60 Å². The Morgan fingerprint density at radius 1 is 1.15 bits per heavy atom. The van der Waals surface area contributed by atoms with Crippen LogP contribution in [0.2, 0.25) is 0 Å². The zero-order chi connectivity index (χ0) is 19.9. The molecule has 152 valence electrons. The maximum atomic E-state index is 12.5. The van der Waals surface area contributed by atoms with Gasteiger partial charge < -0.3 is 14.2 Å². The molecule has 0 amide bonds. The van der Waals surface area contributed by atoms with Crippen LogP contribution in [0.5, 0.6) is 0 Å². The molecular weight excluding hydrogens is 365 g/mol. The summed E-state index contributed by atoms with van der Waals surface area (Å²) in [6, 6.07) is 0. The third-order valence-electron chi connectivity index (χ3n) is 5.89. The van der Waals surface area contributed by atoms with E-state index in [4.69, 9.17) is 9.47 Å². The van der Waals surface area contributed by atoms with Crippen molar-refractivity contribution in [1.82, 2.24) is 0 Å². The van der Waals surface area contributed by atoms with Crippen molar-refractivity contribution >= 4 is 11.9 Å². The van der Waals surface area contributed by atoms with Crippen LogP contribution < -0.4 is 0 Å². The second kappa shape index (κ2) is 7.11. The summed E-state index contributed by atoms with van der Waals surface area (Å²) in [5.41, 5.74) is -1.62. The Hall–Kier alpha value is -1.57. The number of esters is 2. The first kappa shape index (κ1) is 20.2. The Morgan fingerprint density at radius 2 is 1.78 bits per heavy atom. The second-order valence-electron chi connectivity index (χ2n) is 8.25. The zero-order valence-corrected chi connectivity index (χ0v) is 15.4. The fourth-order valence-corrected chi connectivity index (χ4v) is 5.39. The van der Waals surface area contributed by atoms with E-state index >= 15 is 0 Å². The molecule has 4 bridgehead atoms. The van der Waals surface area contributed by atoms with Gasteiger partial charge in [0.05, 0.1) is 17.6 Å². The van der Waals surface area contributed by atoms with Gasteiger partial charge >= 0.3 is 18.1 Å². The number of alkyl halides is 3. The van der Waals surface area contributed by atoms with Gasteiger partial charge in [-0.3, -0.25) is 4.79 Å². The zero-order valence-electron chi connectivity index (χ0n) is 15.4. The van der Waals surface area contributed by atoms with Crippen LogP contribution >= 0.6 is 0 Å². The van der Waals surface area contributed by atoms with E-state index in [1.165, 1.54) is 0 Å². The third kappa shape index (κ3) is 4.31. The molecule has 0 N–H and O–H groups in total. The van der Waals surface area contributed by atoms with Gasteiger partial charge in [-0.1, -0.05) is 6.58 Å². The van der Waals surface area contributed by atoms with E-state index in [2.05, 4.69) is 11.3 Å². The minimum atomic E-state index is -4.56. The molecule has 0 saturated heterocycles. The summed E-state index contributed by atoms with van der Waals surface area (Å²) in [6.45, 7) is 4.41. The molecule has 0 heterocycles. The van der Waals surface area contributed by atoms with Gasteiger partial charge in [0, 0.05) is 13.0 Å². The van der Waals surface area contributed by atoms with Crippen molar-refractivity contribution in [2.24, 2.45) is 17.3 Å². The topological polar surface area (TPSA) is 61.8 Å². The van der Waals surface area contributed by atoms with E-state index in [0.717, 1.165) is 6.42 Å². The molecule has 27 heavy (non-hydrogen) atoms. The monoisotopic (exact) mass is 390 g/mol. The molecule has 4 aliphatic carbocycles. The van der Waals surface area contributed by atoms with Crippen LogP contribution in [-0.2, 0) is 23.8 Å². The van der Waals surface area contributed by atoms with Crippen molar-refractivity contribution < 1.29 is 37.0 Å². The highest BCUT2D eigenvalue weighted by molar-refractivity contribution is 5.88. The maximum absolute atomic E-state index is 12.5. The van der Waals surface area contributed by atoms with Crippen LogP contribution in [0.15, 0.2) is 12.2 Å². The molecule has 0 aromatic carbocycles. The van der Waals surface area contributed by atoms with Crippen molar-refractivity contribution in [2.45, 2.75) is 57.2 Å². The molecule has 0 spiro atoms. The number of carbonyl (C=O) groups is 2. The Labute approximate surface area is 156 Å². The summed E-state index contributed by atoms with van der Waals surface area (Å²) >= 11 is 0. The minimum absolute atomic E-state index is 0.0665. The molecule has 2 unspecified atom stereocenters.